The number of nitrogens with zero attached hydrogens (tertiary/aromatic N) is 1. The van der Waals surface area contributed by atoms with Crippen molar-refractivity contribution in [2.24, 2.45) is 0 Å². The summed E-state index contributed by atoms with van der Waals surface area (Å²) in [4.78, 5) is 42.7. The zero-order chi connectivity index (χ0) is 28.5. The molecule has 1 amide bonds. The zero-order valence-corrected chi connectivity index (χ0v) is 23.8. The molecule has 2 heterocycles. The molecule has 3 aromatic rings. The Morgan fingerprint density at radius 1 is 1.10 bits per heavy atom. The van der Waals surface area contributed by atoms with E-state index < -0.39 is 11.6 Å². The van der Waals surface area contributed by atoms with E-state index in [1.54, 1.807) is 4.90 Å². The zero-order valence-electron chi connectivity index (χ0n) is 23.0. The average Bonchev–Trinajstić information content (AvgIpc) is 2.82. The number of hydrogen-bond acceptors (Lipinski definition) is 5. The monoisotopic (exact) mass is 554 g/mol. The van der Waals surface area contributed by atoms with Gasteiger partial charge in [0.05, 0.1) is 28.3 Å². The second-order valence-electron chi connectivity index (χ2n) is 11.2. The molecule has 1 saturated heterocycles. The van der Waals surface area contributed by atoms with Gasteiger partial charge in [0.2, 0.25) is 0 Å². The molecular formula is C30H35ClN2O6. The second-order valence-corrected chi connectivity index (χ2v) is 11.6. The molecule has 39 heavy (non-hydrogen) atoms. The lowest BCUT2D eigenvalue weighted by molar-refractivity contribution is 0.00744. The number of carboxylic acid groups (broad SMARTS) is 1. The number of halogens is 1. The van der Waals surface area contributed by atoms with Crippen LogP contribution in [0.15, 0.2) is 35.1 Å². The number of aromatic nitrogens is 1. The summed E-state index contributed by atoms with van der Waals surface area (Å²) in [5.74, 6) is -0.889. The normalized spacial score (nSPS) is 15.8. The van der Waals surface area contributed by atoms with Gasteiger partial charge >= 0.3 is 12.1 Å². The first kappa shape index (κ1) is 28.5. The molecule has 1 aromatic heterocycles. The molecule has 1 aliphatic rings. The fourth-order valence-corrected chi connectivity index (χ4v) is 5.39. The predicted molar refractivity (Wildman–Crippen MR) is 152 cm³/mol. The summed E-state index contributed by atoms with van der Waals surface area (Å²) in [6.45, 7) is 10.3. The summed E-state index contributed by atoms with van der Waals surface area (Å²) in [7, 11) is 0. The SMILES string of the molecule is Cc1cc(C)cc(-c2c(OCCC3CCCCN3C(=O)OC(C)(C)C)c3cc(C(=O)O)c(Cl)cc3[nH]c2=O)c1. The maximum atomic E-state index is 13.4. The number of aromatic amines is 1. The van der Waals surface area contributed by atoms with E-state index in [1.165, 1.54) is 12.1 Å². The molecule has 4 rings (SSSR count). The molecule has 0 spiro atoms. The lowest BCUT2D eigenvalue weighted by Gasteiger charge is -2.36. The summed E-state index contributed by atoms with van der Waals surface area (Å²) in [6, 6.07) is 8.60. The van der Waals surface area contributed by atoms with E-state index in [0.717, 1.165) is 30.4 Å². The Balaban J connectivity index is 1.73. The van der Waals surface area contributed by atoms with Gasteiger partial charge in [-0.2, -0.15) is 0 Å². The van der Waals surface area contributed by atoms with Crippen LogP contribution in [0.3, 0.4) is 0 Å². The van der Waals surface area contributed by atoms with Crippen molar-refractivity contribution in [1.82, 2.24) is 9.88 Å². The molecule has 0 bridgehead atoms. The number of likely N-dealkylation sites (tertiary alicyclic amines) is 1. The number of aromatic carboxylic acids is 1. The molecule has 8 nitrogen and oxygen atoms in total. The van der Waals surface area contributed by atoms with Gasteiger partial charge in [-0.05, 0) is 71.6 Å². The van der Waals surface area contributed by atoms with Crippen molar-refractivity contribution in [2.75, 3.05) is 13.2 Å². The summed E-state index contributed by atoms with van der Waals surface area (Å²) < 4.78 is 12.0. The topological polar surface area (TPSA) is 109 Å². The highest BCUT2D eigenvalue weighted by Gasteiger charge is 2.30. The molecule has 9 heteroatoms. The van der Waals surface area contributed by atoms with Crippen LogP contribution in [0.5, 0.6) is 5.75 Å². The minimum atomic E-state index is -1.18. The average molecular weight is 555 g/mol. The quantitative estimate of drug-likeness (QED) is 0.350. The predicted octanol–water partition coefficient (Wildman–Crippen LogP) is 6.72. The molecule has 0 saturated carbocycles. The number of benzene rings is 2. The number of pyridine rings is 1. The van der Waals surface area contributed by atoms with Gasteiger partial charge in [0.25, 0.3) is 5.56 Å². The Labute approximate surface area is 232 Å². The van der Waals surface area contributed by atoms with Crippen molar-refractivity contribution in [2.45, 2.75) is 71.9 Å². The smallest absolute Gasteiger partial charge is 0.410 e. The number of nitrogens with one attached hydrogen (secondary N) is 1. The van der Waals surface area contributed by atoms with Crippen LogP contribution in [0, 0.1) is 13.8 Å². The van der Waals surface area contributed by atoms with E-state index in [2.05, 4.69) is 4.98 Å². The van der Waals surface area contributed by atoms with Gasteiger partial charge in [-0.1, -0.05) is 40.9 Å². The van der Waals surface area contributed by atoms with Crippen molar-refractivity contribution in [3.8, 4) is 16.9 Å². The maximum absolute atomic E-state index is 13.4. The second kappa shape index (κ2) is 11.3. The van der Waals surface area contributed by atoms with Crippen molar-refractivity contribution in [1.29, 1.82) is 0 Å². The van der Waals surface area contributed by atoms with Crippen LogP contribution in [-0.4, -0.2) is 51.8 Å². The molecule has 2 N–H and O–H groups in total. The highest BCUT2D eigenvalue weighted by molar-refractivity contribution is 6.34. The van der Waals surface area contributed by atoms with Crippen molar-refractivity contribution < 1.29 is 24.2 Å². The Morgan fingerprint density at radius 3 is 2.44 bits per heavy atom. The number of rotatable bonds is 6. The van der Waals surface area contributed by atoms with E-state index in [9.17, 15) is 19.5 Å². The highest BCUT2D eigenvalue weighted by atomic mass is 35.5. The van der Waals surface area contributed by atoms with Gasteiger partial charge in [0.1, 0.15) is 11.4 Å². The van der Waals surface area contributed by atoms with Crippen LogP contribution >= 0.6 is 11.6 Å². The summed E-state index contributed by atoms with van der Waals surface area (Å²) in [6.07, 6.45) is 2.91. The first-order chi connectivity index (χ1) is 18.3. The van der Waals surface area contributed by atoms with Gasteiger partial charge < -0.3 is 24.5 Å². The van der Waals surface area contributed by atoms with E-state index in [0.29, 0.717) is 35.0 Å². The number of amides is 1. The van der Waals surface area contributed by atoms with Crippen LogP contribution < -0.4 is 10.3 Å². The fourth-order valence-electron chi connectivity index (χ4n) is 5.14. The fraction of sp³-hybridized carbons (Fsp3) is 0.433. The number of aryl methyl sites for hydroxylation is 2. The van der Waals surface area contributed by atoms with Crippen molar-refractivity contribution >= 4 is 34.6 Å². The minimum absolute atomic E-state index is 0.0194. The molecule has 0 aliphatic carbocycles. The lowest BCUT2D eigenvalue weighted by Crippen LogP contribution is -2.46. The third kappa shape index (κ3) is 6.56. The third-order valence-corrected chi connectivity index (χ3v) is 7.06. The number of H-pyrrole nitrogens is 1. The Kier molecular flexibility index (Phi) is 8.25. The van der Waals surface area contributed by atoms with Crippen LogP contribution in [0.4, 0.5) is 4.79 Å². The number of carbonyl (C=O) groups excluding carboxylic acids is 1. The standard InChI is InChI=1S/C30H35ClN2O6/c1-17-12-18(2)14-19(13-17)25-26(22-15-21(28(35)36)23(31)16-24(22)32-27(25)34)38-11-9-20-8-6-7-10-33(20)29(37)39-30(3,4)5/h12-16,20H,6-11H2,1-5H3,(H,32,34)(H,35,36). The van der Waals surface area contributed by atoms with E-state index in [1.807, 2.05) is 52.8 Å². The maximum Gasteiger partial charge on any atom is 0.410 e. The van der Waals surface area contributed by atoms with Gasteiger partial charge in [-0.25, -0.2) is 9.59 Å². The van der Waals surface area contributed by atoms with Gasteiger partial charge in [-0.3, -0.25) is 4.79 Å². The van der Waals surface area contributed by atoms with Crippen LogP contribution in [0.2, 0.25) is 5.02 Å². The molecule has 0 radical (unpaired) electrons. The molecule has 1 unspecified atom stereocenters. The number of hydrogen-bond donors (Lipinski definition) is 2. The highest BCUT2D eigenvalue weighted by Crippen LogP contribution is 2.37. The Bertz CT molecular complexity index is 1450. The summed E-state index contributed by atoms with van der Waals surface area (Å²) in [5.41, 5.74) is 2.28. The summed E-state index contributed by atoms with van der Waals surface area (Å²) in [5, 5.41) is 10.2. The van der Waals surface area contributed by atoms with Crippen molar-refractivity contribution in [3.05, 3.63) is 62.4 Å². The molecule has 208 valence electrons. The molecule has 1 aliphatic heterocycles. The molecule has 1 atom stereocenters. The van der Waals surface area contributed by atoms with Gasteiger partial charge in [0.15, 0.2) is 0 Å². The van der Waals surface area contributed by atoms with Gasteiger partial charge in [-0.15, -0.1) is 0 Å². The first-order valence-corrected chi connectivity index (χ1v) is 13.6. The minimum Gasteiger partial charge on any atom is -0.492 e. The largest absolute Gasteiger partial charge is 0.492 e. The van der Waals surface area contributed by atoms with Crippen LogP contribution in [-0.2, 0) is 4.74 Å². The van der Waals surface area contributed by atoms with Gasteiger partial charge in [0, 0.05) is 24.4 Å². The Morgan fingerprint density at radius 2 is 1.79 bits per heavy atom. The Hall–Kier alpha value is -3.52. The van der Waals surface area contributed by atoms with Crippen LogP contribution in [0.1, 0.15) is 67.9 Å². The van der Waals surface area contributed by atoms with E-state index in [4.69, 9.17) is 21.1 Å². The number of carboxylic acids is 1. The molecular weight excluding hydrogens is 520 g/mol. The number of carbonyl (C=O) groups is 2. The number of ether oxygens (including phenoxy) is 2. The number of fused-ring (bicyclic) bond motifs is 1. The summed E-state index contributed by atoms with van der Waals surface area (Å²) >= 11 is 6.21. The number of piperidine rings is 1. The van der Waals surface area contributed by atoms with E-state index in [-0.39, 0.29) is 40.6 Å². The molecule has 2 aromatic carbocycles. The lowest BCUT2D eigenvalue weighted by atomic mass is 9.98. The van der Waals surface area contributed by atoms with E-state index >= 15 is 0 Å². The van der Waals surface area contributed by atoms with Crippen LogP contribution in [0.25, 0.3) is 22.0 Å². The van der Waals surface area contributed by atoms with Crippen molar-refractivity contribution in [3.63, 3.8) is 0 Å². The molecule has 1 fully saturated rings. The third-order valence-electron chi connectivity index (χ3n) is 6.75. The first-order valence-electron chi connectivity index (χ1n) is 13.2.